The normalized spacial score (nSPS) is 11.4. The van der Waals surface area contributed by atoms with Crippen molar-refractivity contribution in [2.24, 2.45) is 0 Å². The summed E-state index contributed by atoms with van der Waals surface area (Å²) in [7, 11) is 0. The number of halogens is 1. The maximum absolute atomic E-state index is 12.0. The second kappa shape index (κ2) is 6.03. The molecule has 2 rings (SSSR count). The molecule has 0 aliphatic rings. The van der Waals surface area contributed by atoms with Crippen molar-refractivity contribution in [2.45, 2.75) is 5.38 Å². The molecule has 0 aromatic heterocycles. The Hall–Kier alpha value is -2.31. The zero-order valence-corrected chi connectivity index (χ0v) is 10.8. The van der Waals surface area contributed by atoms with Crippen molar-refractivity contribution in [1.29, 1.82) is 5.26 Å². The number of hydrogen-bond acceptors (Lipinski definition) is 2. The zero-order chi connectivity index (χ0) is 13.7. The Morgan fingerprint density at radius 1 is 1.11 bits per heavy atom. The number of nitrogens with zero attached hydrogens (tertiary/aromatic N) is 1. The van der Waals surface area contributed by atoms with Gasteiger partial charge >= 0.3 is 0 Å². The first kappa shape index (κ1) is 13.1. The molecule has 0 heterocycles. The van der Waals surface area contributed by atoms with Gasteiger partial charge in [-0.3, -0.25) is 4.79 Å². The SMILES string of the molecule is N#Cc1ccccc1NC(=O)C(Cl)c1ccccc1. The summed E-state index contributed by atoms with van der Waals surface area (Å²) in [5.41, 5.74) is 1.60. The molecular weight excluding hydrogens is 260 g/mol. The number of anilines is 1. The van der Waals surface area contributed by atoms with Crippen LogP contribution in [0.15, 0.2) is 54.6 Å². The minimum Gasteiger partial charge on any atom is -0.323 e. The topological polar surface area (TPSA) is 52.9 Å². The number of rotatable bonds is 3. The molecule has 4 heteroatoms. The average molecular weight is 271 g/mol. The standard InChI is InChI=1S/C15H11ClN2O/c16-14(11-6-2-1-3-7-11)15(19)18-13-9-5-4-8-12(13)10-17/h1-9,14H,(H,18,19). The van der Waals surface area contributed by atoms with E-state index < -0.39 is 5.38 Å². The fourth-order valence-electron chi connectivity index (χ4n) is 1.66. The van der Waals surface area contributed by atoms with E-state index in [0.717, 1.165) is 5.56 Å². The van der Waals surface area contributed by atoms with Crippen molar-refractivity contribution < 1.29 is 4.79 Å². The van der Waals surface area contributed by atoms with Crippen LogP contribution >= 0.6 is 11.6 Å². The first-order valence-corrected chi connectivity index (χ1v) is 6.15. The first-order valence-electron chi connectivity index (χ1n) is 5.71. The highest BCUT2D eigenvalue weighted by Gasteiger charge is 2.18. The van der Waals surface area contributed by atoms with Gasteiger partial charge in [-0.05, 0) is 17.7 Å². The summed E-state index contributed by atoms with van der Waals surface area (Å²) in [4.78, 5) is 12.0. The van der Waals surface area contributed by atoms with E-state index in [1.165, 1.54) is 0 Å². The first-order chi connectivity index (χ1) is 9.22. The van der Waals surface area contributed by atoms with Gasteiger partial charge in [0.2, 0.25) is 5.91 Å². The number of benzene rings is 2. The van der Waals surface area contributed by atoms with E-state index in [2.05, 4.69) is 5.32 Å². The van der Waals surface area contributed by atoms with Gasteiger partial charge in [-0.1, -0.05) is 42.5 Å². The number of alkyl halides is 1. The lowest BCUT2D eigenvalue weighted by molar-refractivity contribution is -0.116. The number of para-hydroxylation sites is 1. The molecule has 0 bridgehead atoms. The van der Waals surface area contributed by atoms with Gasteiger partial charge < -0.3 is 5.32 Å². The van der Waals surface area contributed by atoms with Gasteiger partial charge in [0.05, 0.1) is 11.3 Å². The summed E-state index contributed by atoms with van der Waals surface area (Å²) in [6.07, 6.45) is 0. The second-order valence-electron chi connectivity index (χ2n) is 3.92. The van der Waals surface area contributed by atoms with E-state index in [1.807, 2.05) is 24.3 Å². The molecule has 0 spiro atoms. The lowest BCUT2D eigenvalue weighted by atomic mass is 10.1. The maximum Gasteiger partial charge on any atom is 0.247 e. The van der Waals surface area contributed by atoms with Crippen LogP contribution in [0.2, 0.25) is 0 Å². The number of nitriles is 1. The summed E-state index contributed by atoms with van der Waals surface area (Å²) in [5.74, 6) is -0.351. The van der Waals surface area contributed by atoms with Crippen molar-refractivity contribution in [2.75, 3.05) is 5.32 Å². The monoisotopic (exact) mass is 270 g/mol. The van der Waals surface area contributed by atoms with Gasteiger partial charge in [0.25, 0.3) is 0 Å². The number of hydrogen-bond donors (Lipinski definition) is 1. The van der Waals surface area contributed by atoms with Crippen molar-refractivity contribution in [3.05, 3.63) is 65.7 Å². The third-order valence-corrected chi connectivity index (χ3v) is 3.08. The zero-order valence-electron chi connectivity index (χ0n) is 10.0. The summed E-state index contributed by atoms with van der Waals surface area (Å²) in [6.45, 7) is 0. The Kier molecular flexibility index (Phi) is 4.17. The molecule has 1 atom stereocenters. The fourth-order valence-corrected chi connectivity index (χ4v) is 1.86. The summed E-state index contributed by atoms with van der Waals surface area (Å²) < 4.78 is 0. The highest BCUT2D eigenvalue weighted by Crippen LogP contribution is 2.23. The molecule has 1 N–H and O–H groups in total. The van der Waals surface area contributed by atoms with Crippen LogP contribution in [0.1, 0.15) is 16.5 Å². The molecule has 0 fully saturated rings. The minimum absolute atomic E-state index is 0.351. The van der Waals surface area contributed by atoms with E-state index in [4.69, 9.17) is 16.9 Å². The lowest BCUT2D eigenvalue weighted by Crippen LogP contribution is -2.17. The van der Waals surface area contributed by atoms with E-state index in [0.29, 0.717) is 11.3 Å². The van der Waals surface area contributed by atoms with Crippen LogP contribution < -0.4 is 5.32 Å². The number of carbonyl (C=O) groups is 1. The largest absolute Gasteiger partial charge is 0.323 e. The molecular formula is C15H11ClN2O. The van der Waals surface area contributed by atoms with Crippen LogP contribution in [0.25, 0.3) is 0 Å². The minimum atomic E-state index is -0.784. The molecule has 0 saturated carbocycles. The van der Waals surface area contributed by atoms with E-state index in [-0.39, 0.29) is 5.91 Å². The lowest BCUT2D eigenvalue weighted by Gasteiger charge is -2.11. The fraction of sp³-hybridized carbons (Fsp3) is 0.0667. The Morgan fingerprint density at radius 3 is 2.42 bits per heavy atom. The molecule has 2 aromatic carbocycles. The molecule has 2 aromatic rings. The number of carbonyl (C=O) groups excluding carboxylic acids is 1. The van der Waals surface area contributed by atoms with Crippen molar-refractivity contribution in [3.63, 3.8) is 0 Å². The van der Waals surface area contributed by atoms with Gasteiger partial charge in [0.1, 0.15) is 11.4 Å². The average Bonchev–Trinajstić information content (AvgIpc) is 2.48. The highest BCUT2D eigenvalue weighted by molar-refractivity contribution is 6.32. The Balaban J connectivity index is 2.16. The molecule has 0 saturated heterocycles. The Bertz CT molecular complexity index is 620. The van der Waals surface area contributed by atoms with Crippen LogP contribution in [-0.2, 0) is 4.79 Å². The molecule has 1 amide bonds. The highest BCUT2D eigenvalue weighted by atomic mass is 35.5. The number of nitrogens with one attached hydrogen (secondary N) is 1. The van der Waals surface area contributed by atoms with Crippen LogP contribution in [0, 0.1) is 11.3 Å². The summed E-state index contributed by atoms with van der Waals surface area (Å²) in [5, 5.41) is 10.8. The van der Waals surface area contributed by atoms with E-state index in [1.54, 1.807) is 36.4 Å². The van der Waals surface area contributed by atoms with Gasteiger partial charge in [-0.15, -0.1) is 11.6 Å². The summed E-state index contributed by atoms with van der Waals surface area (Å²) >= 11 is 6.11. The second-order valence-corrected chi connectivity index (χ2v) is 4.36. The van der Waals surface area contributed by atoms with Crippen molar-refractivity contribution in [1.82, 2.24) is 0 Å². The van der Waals surface area contributed by atoms with Gasteiger partial charge in [0.15, 0.2) is 0 Å². The van der Waals surface area contributed by atoms with Crippen LogP contribution in [0.5, 0.6) is 0 Å². The smallest absolute Gasteiger partial charge is 0.247 e. The maximum atomic E-state index is 12.0. The molecule has 0 radical (unpaired) electrons. The van der Waals surface area contributed by atoms with Crippen LogP contribution in [0.4, 0.5) is 5.69 Å². The molecule has 1 unspecified atom stereocenters. The van der Waals surface area contributed by atoms with Gasteiger partial charge in [0, 0.05) is 0 Å². The Morgan fingerprint density at radius 2 is 1.74 bits per heavy atom. The Labute approximate surface area is 116 Å². The number of amides is 1. The van der Waals surface area contributed by atoms with Gasteiger partial charge in [-0.25, -0.2) is 0 Å². The quantitative estimate of drug-likeness (QED) is 0.868. The van der Waals surface area contributed by atoms with Crippen LogP contribution in [-0.4, -0.2) is 5.91 Å². The molecule has 0 aliphatic carbocycles. The predicted molar refractivity (Wildman–Crippen MR) is 74.8 cm³/mol. The van der Waals surface area contributed by atoms with Crippen molar-refractivity contribution >= 4 is 23.2 Å². The molecule has 19 heavy (non-hydrogen) atoms. The van der Waals surface area contributed by atoms with E-state index in [9.17, 15) is 4.79 Å². The van der Waals surface area contributed by atoms with E-state index >= 15 is 0 Å². The third kappa shape index (κ3) is 3.12. The summed E-state index contributed by atoms with van der Waals surface area (Å²) in [6, 6.07) is 17.9. The third-order valence-electron chi connectivity index (χ3n) is 2.63. The molecule has 3 nitrogen and oxygen atoms in total. The van der Waals surface area contributed by atoms with Crippen LogP contribution in [0.3, 0.4) is 0 Å². The van der Waals surface area contributed by atoms with Gasteiger partial charge in [-0.2, -0.15) is 5.26 Å². The molecule has 94 valence electrons. The van der Waals surface area contributed by atoms with Crippen molar-refractivity contribution in [3.8, 4) is 6.07 Å². The predicted octanol–water partition coefficient (Wildman–Crippen LogP) is 3.48. The molecule has 0 aliphatic heterocycles.